The molecule has 90 valence electrons. The van der Waals surface area contributed by atoms with Crippen LogP contribution in [0.5, 0.6) is 0 Å². The van der Waals surface area contributed by atoms with Crippen molar-refractivity contribution < 1.29 is 9.59 Å². The number of amides is 1. The molecule has 4 heteroatoms. The van der Waals surface area contributed by atoms with E-state index in [1.54, 1.807) is 0 Å². The lowest BCUT2D eigenvalue weighted by Gasteiger charge is -2.34. The number of rotatable bonds is 4. The zero-order valence-electron chi connectivity index (χ0n) is 9.97. The number of carbonyl (C=O) groups excluding carboxylic acids is 2. The van der Waals surface area contributed by atoms with Crippen LogP contribution in [0.2, 0.25) is 0 Å². The molecule has 1 N–H and O–H groups in total. The number of nitrogens with one attached hydrogen (secondary N) is 1. The molecule has 1 amide bonds. The van der Waals surface area contributed by atoms with E-state index in [2.05, 4.69) is 21.2 Å². The van der Waals surface area contributed by atoms with Crippen LogP contribution in [0.4, 0.5) is 0 Å². The fourth-order valence-electron chi connectivity index (χ4n) is 2.21. The van der Waals surface area contributed by atoms with Gasteiger partial charge in [-0.15, -0.1) is 0 Å². The van der Waals surface area contributed by atoms with E-state index in [1.165, 1.54) is 6.20 Å². The number of allylic oxidation sites excluding steroid dienone is 1. The predicted octanol–water partition coefficient (Wildman–Crippen LogP) is 2.41. The van der Waals surface area contributed by atoms with Crippen LogP contribution >= 0.6 is 15.9 Å². The number of hydrogen-bond donors (Lipinski definition) is 1. The summed E-state index contributed by atoms with van der Waals surface area (Å²) < 4.78 is 0. The highest BCUT2D eigenvalue weighted by molar-refractivity contribution is 9.09. The summed E-state index contributed by atoms with van der Waals surface area (Å²) in [6, 6.07) is 0. The van der Waals surface area contributed by atoms with Gasteiger partial charge >= 0.3 is 0 Å². The molecule has 0 aromatic rings. The molecule has 0 bridgehead atoms. The molecule has 0 aliphatic carbocycles. The lowest BCUT2D eigenvalue weighted by molar-refractivity contribution is -0.142. The molecule has 1 aliphatic rings. The average Bonchev–Trinajstić information content (AvgIpc) is 2.24. The van der Waals surface area contributed by atoms with Crippen LogP contribution in [0, 0.1) is 11.3 Å². The van der Waals surface area contributed by atoms with Gasteiger partial charge in [0.1, 0.15) is 5.41 Å². The van der Waals surface area contributed by atoms with Gasteiger partial charge in [0.25, 0.3) is 0 Å². The molecule has 16 heavy (non-hydrogen) atoms. The van der Waals surface area contributed by atoms with Crippen molar-refractivity contribution >= 4 is 27.6 Å². The minimum absolute atomic E-state index is 0.0238. The molecule has 0 aromatic heterocycles. The molecule has 1 aliphatic heterocycles. The molecule has 0 spiro atoms. The third-order valence-electron chi connectivity index (χ3n) is 3.04. The second-order valence-electron chi connectivity index (χ2n) is 4.64. The van der Waals surface area contributed by atoms with Crippen molar-refractivity contribution in [3.8, 4) is 0 Å². The lowest BCUT2D eigenvalue weighted by Crippen LogP contribution is -2.50. The molecule has 0 saturated heterocycles. The monoisotopic (exact) mass is 287 g/mol. The maximum Gasteiger partial charge on any atom is 0.237 e. The van der Waals surface area contributed by atoms with Crippen molar-refractivity contribution in [2.45, 2.75) is 33.6 Å². The van der Waals surface area contributed by atoms with Gasteiger partial charge in [-0.2, -0.15) is 0 Å². The first-order valence-electron chi connectivity index (χ1n) is 5.58. The molecule has 1 atom stereocenters. The zero-order chi connectivity index (χ0) is 12.3. The molecular formula is C12H18BrNO2. The highest BCUT2D eigenvalue weighted by Gasteiger charge is 2.47. The molecule has 3 nitrogen and oxygen atoms in total. The fraction of sp³-hybridized carbons (Fsp3) is 0.667. The van der Waals surface area contributed by atoms with Crippen molar-refractivity contribution in [3.63, 3.8) is 0 Å². The number of hydrogen-bond acceptors (Lipinski definition) is 2. The van der Waals surface area contributed by atoms with Gasteiger partial charge in [-0.05, 0) is 18.8 Å². The Labute approximate surface area is 105 Å². The summed E-state index contributed by atoms with van der Waals surface area (Å²) in [5.74, 6) is 0.145. The van der Waals surface area contributed by atoms with Crippen LogP contribution in [0.1, 0.15) is 33.6 Å². The van der Waals surface area contributed by atoms with E-state index in [-0.39, 0.29) is 11.7 Å². The van der Waals surface area contributed by atoms with E-state index >= 15 is 0 Å². The van der Waals surface area contributed by atoms with E-state index in [0.29, 0.717) is 29.7 Å². The standard InChI is InChI=1S/C12H18BrNO2/c1-4-12(5-8(2)3)10(15)9(6-13)7-14-11(12)16/h7-8H,4-6H2,1-3H3,(H,14,16). The second-order valence-corrected chi connectivity index (χ2v) is 5.20. The van der Waals surface area contributed by atoms with Gasteiger partial charge in [0, 0.05) is 17.1 Å². The van der Waals surface area contributed by atoms with Crippen molar-refractivity contribution in [3.05, 3.63) is 11.8 Å². The quantitative estimate of drug-likeness (QED) is 0.638. The largest absolute Gasteiger partial charge is 0.331 e. The van der Waals surface area contributed by atoms with E-state index in [1.807, 2.05) is 20.8 Å². The average molecular weight is 288 g/mol. The summed E-state index contributed by atoms with van der Waals surface area (Å²) in [4.78, 5) is 24.3. The Morgan fingerprint density at radius 2 is 2.06 bits per heavy atom. The van der Waals surface area contributed by atoms with Crippen molar-refractivity contribution in [1.29, 1.82) is 0 Å². The van der Waals surface area contributed by atoms with Gasteiger partial charge in [-0.25, -0.2) is 0 Å². The highest BCUT2D eigenvalue weighted by Crippen LogP contribution is 2.36. The molecule has 0 saturated carbocycles. The van der Waals surface area contributed by atoms with Gasteiger partial charge in [0.05, 0.1) is 0 Å². The summed E-state index contributed by atoms with van der Waals surface area (Å²) in [6.07, 6.45) is 2.69. The van der Waals surface area contributed by atoms with Gasteiger partial charge in [-0.1, -0.05) is 36.7 Å². The van der Waals surface area contributed by atoms with E-state index in [0.717, 1.165) is 0 Å². The molecule has 0 radical (unpaired) electrons. The fourth-order valence-corrected chi connectivity index (χ4v) is 2.63. The first-order valence-corrected chi connectivity index (χ1v) is 6.71. The van der Waals surface area contributed by atoms with Gasteiger partial charge in [-0.3, -0.25) is 9.59 Å². The minimum atomic E-state index is -0.855. The third kappa shape index (κ3) is 2.21. The summed E-state index contributed by atoms with van der Waals surface area (Å²) in [5.41, 5.74) is -0.200. The Hall–Kier alpha value is -0.640. The maximum atomic E-state index is 12.3. The number of Topliss-reactive ketones (excluding diaryl/α,β-unsaturated/α-hetero) is 1. The van der Waals surface area contributed by atoms with Crippen molar-refractivity contribution in [1.82, 2.24) is 5.32 Å². The van der Waals surface area contributed by atoms with Crippen LogP contribution in [0.25, 0.3) is 0 Å². The van der Waals surface area contributed by atoms with Crippen molar-refractivity contribution in [2.75, 3.05) is 5.33 Å². The third-order valence-corrected chi connectivity index (χ3v) is 3.65. The molecule has 1 rings (SSSR count). The molecule has 1 heterocycles. The van der Waals surface area contributed by atoms with Crippen molar-refractivity contribution in [2.24, 2.45) is 11.3 Å². The second kappa shape index (κ2) is 5.13. The Balaban J connectivity index is 3.11. The number of halogens is 1. The topological polar surface area (TPSA) is 46.2 Å². The van der Waals surface area contributed by atoms with Crippen LogP contribution < -0.4 is 5.32 Å². The summed E-state index contributed by atoms with van der Waals surface area (Å²) in [6.45, 7) is 5.96. The SMILES string of the molecule is CCC1(CC(C)C)C(=O)NC=C(CBr)C1=O. The first kappa shape index (κ1) is 13.4. The Kier molecular flexibility index (Phi) is 4.30. The lowest BCUT2D eigenvalue weighted by atomic mass is 9.70. The highest BCUT2D eigenvalue weighted by atomic mass is 79.9. The zero-order valence-corrected chi connectivity index (χ0v) is 11.6. The number of carbonyl (C=O) groups is 2. The summed E-state index contributed by atoms with van der Waals surface area (Å²) in [5, 5.41) is 3.20. The molecule has 1 unspecified atom stereocenters. The van der Waals surface area contributed by atoms with Gasteiger partial charge in [0.2, 0.25) is 5.91 Å². The predicted molar refractivity (Wildman–Crippen MR) is 67.2 cm³/mol. The van der Waals surface area contributed by atoms with Crippen LogP contribution in [0.3, 0.4) is 0 Å². The summed E-state index contributed by atoms with van der Waals surface area (Å²) in [7, 11) is 0. The van der Waals surface area contributed by atoms with E-state index < -0.39 is 5.41 Å². The number of alkyl halides is 1. The first-order chi connectivity index (χ1) is 7.47. The van der Waals surface area contributed by atoms with Crippen LogP contribution in [-0.4, -0.2) is 17.0 Å². The Morgan fingerprint density at radius 1 is 1.44 bits per heavy atom. The Bertz CT molecular complexity index is 336. The Morgan fingerprint density at radius 3 is 2.50 bits per heavy atom. The molecule has 0 aromatic carbocycles. The molecule has 0 fully saturated rings. The van der Waals surface area contributed by atoms with Crippen LogP contribution in [-0.2, 0) is 9.59 Å². The van der Waals surface area contributed by atoms with Gasteiger partial charge in [0.15, 0.2) is 5.78 Å². The number of ketones is 1. The normalized spacial score (nSPS) is 25.7. The van der Waals surface area contributed by atoms with E-state index in [9.17, 15) is 9.59 Å². The van der Waals surface area contributed by atoms with Crippen LogP contribution in [0.15, 0.2) is 11.8 Å². The maximum absolute atomic E-state index is 12.3. The molecular weight excluding hydrogens is 270 g/mol. The van der Waals surface area contributed by atoms with E-state index in [4.69, 9.17) is 0 Å². The summed E-state index contributed by atoms with van der Waals surface area (Å²) >= 11 is 3.28. The van der Waals surface area contributed by atoms with Gasteiger partial charge < -0.3 is 5.32 Å². The smallest absolute Gasteiger partial charge is 0.237 e. The minimum Gasteiger partial charge on any atom is -0.331 e.